The SMILES string of the molecule is O=C(O)CCCCC(=O)Nc1c(Cl)ccc2scnc12. The summed E-state index contributed by atoms with van der Waals surface area (Å²) in [6.07, 6.45) is 1.36. The van der Waals surface area contributed by atoms with E-state index in [1.165, 1.54) is 11.3 Å². The van der Waals surface area contributed by atoms with Crippen LogP contribution in [0.2, 0.25) is 5.02 Å². The topological polar surface area (TPSA) is 79.3 Å². The van der Waals surface area contributed by atoms with Gasteiger partial charge in [-0.25, -0.2) is 4.98 Å². The van der Waals surface area contributed by atoms with Crippen LogP contribution < -0.4 is 5.32 Å². The van der Waals surface area contributed by atoms with E-state index in [0.29, 0.717) is 29.1 Å². The zero-order valence-corrected chi connectivity index (χ0v) is 12.1. The second-order valence-corrected chi connectivity index (χ2v) is 5.56. The van der Waals surface area contributed by atoms with Gasteiger partial charge in [0.15, 0.2) is 0 Å². The summed E-state index contributed by atoms with van der Waals surface area (Å²) < 4.78 is 0.954. The minimum Gasteiger partial charge on any atom is -0.481 e. The van der Waals surface area contributed by atoms with Crippen LogP contribution >= 0.6 is 22.9 Å². The number of amides is 1. The van der Waals surface area contributed by atoms with E-state index < -0.39 is 5.97 Å². The number of rotatable bonds is 6. The highest BCUT2D eigenvalue weighted by molar-refractivity contribution is 7.16. The highest BCUT2D eigenvalue weighted by atomic mass is 35.5. The Morgan fingerprint density at radius 3 is 2.80 bits per heavy atom. The third-order valence-electron chi connectivity index (χ3n) is 2.76. The van der Waals surface area contributed by atoms with Crippen LogP contribution in [0.4, 0.5) is 5.69 Å². The maximum absolute atomic E-state index is 11.8. The molecule has 5 nitrogen and oxygen atoms in total. The van der Waals surface area contributed by atoms with Crippen molar-refractivity contribution >= 4 is 50.7 Å². The molecule has 0 saturated carbocycles. The van der Waals surface area contributed by atoms with Crippen LogP contribution in [-0.4, -0.2) is 22.0 Å². The molecular formula is C13H13ClN2O3S. The van der Waals surface area contributed by atoms with Crippen molar-refractivity contribution in [1.29, 1.82) is 0 Å². The molecule has 2 rings (SSSR count). The first-order valence-electron chi connectivity index (χ1n) is 6.11. The third-order valence-corrected chi connectivity index (χ3v) is 3.87. The summed E-state index contributed by atoms with van der Waals surface area (Å²) in [5.41, 5.74) is 2.90. The van der Waals surface area contributed by atoms with Gasteiger partial charge in [0, 0.05) is 12.8 Å². The number of benzene rings is 1. The normalized spacial score (nSPS) is 10.7. The van der Waals surface area contributed by atoms with Gasteiger partial charge in [0.2, 0.25) is 5.91 Å². The van der Waals surface area contributed by atoms with Gasteiger partial charge in [-0.05, 0) is 25.0 Å². The molecule has 1 heterocycles. The molecule has 20 heavy (non-hydrogen) atoms. The lowest BCUT2D eigenvalue weighted by molar-refractivity contribution is -0.137. The lowest BCUT2D eigenvalue weighted by Gasteiger charge is -2.07. The largest absolute Gasteiger partial charge is 0.481 e. The number of fused-ring (bicyclic) bond motifs is 1. The average molecular weight is 313 g/mol. The van der Waals surface area contributed by atoms with E-state index in [0.717, 1.165) is 4.70 Å². The molecule has 0 atom stereocenters. The molecule has 0 aliphatic carbocycles. The Hall–Kier alpha value is -1.66. The van der Waals surface area contributed by atoms with E-state index >= 15 is 0 Å². The molecule has 1 aromatic heterocycles. The van der Waals surface area contributed by atoms with Crippen LogP contribution in [0.5, 0.6) is 0 Å². The van der Waals surface area contributed by atoms with Crippen molar-refractivity contribution in [2.24, 2.45) is 0 Å². The number of aliphatic carboxylic acids is 1. The van der Waals surface area contributed by atoms with Crippen molar-refractivity contribution in [3.05, 3.63) is 22.7 Å². The van der Waals surface area contributed by atoms with E-state index in [1.54, 1.807) is 11.6 Å². The Balaban J connectivity index is 1.97. The van der Waals surface area contributed by atoms with Crippen molar-refractivity contribution in [2.45, 2.75) is 25.7 Å². The van der Waals surface area contributed by atoms with Crippen LogP contribution in [-0.2, 0) is 9.59 Å². The smallest absolute Gasteiger partial charge is 0.303 e. The van der Waals surface area contributed by atoms with Gasteiger partial charge in [0.1, 0.15) is 5.52 Å². The minimum atomic E-state index is -0.847. The van der Waals surface area contributed by atoms with Gasteiger partial charge in [-0.1, -0.05) is 11.6 Å². The fraction of sp³-hybridized carbons (Fsp3) is 0.308. The molecule has 1 amide bonds. The summed E-state index contributed by atoms with van der Waals surface area (Å²) >= 11 is 7.55. The van der Waals surface area contributed by atoms with Crippen LogP contribution in [0.3, 0.4) is 0 Å². The Morgan fingerprint density at radius 2 is 2.05 bits per heavy atom. The average Bonchev–Trinajstić information content (AvgIpc) is 2.86. The second kappa shape index (κ2) is 6.67. The van der Waals surface area contributed by atoms with Crippen molar-refractivity contribution in [2.75, 3.05) is 5.32 Å². The summed E-state index contributed by atoms with van der Waals surface area (Å²) in [7, 11) is 0. The second-order valence-electron chi connectivity index (χ2n) is 4.27. The molecular weight excluding hydrogens is 300 g/mol. The molecule has 2 aromatic rings. The van der Waals surface area contributed by atoms with Crippen molar-refractivity contribution < 1.29 is 14.7 Å². The van der Waals surface area contributed by atoms with E-state index in [-0.39, 0.29) is 18.7 Å². The van der Waals surface area contributed by atoms with E-state index in [9.17, 15) is 9.59 Å². The maximum Gasteiger partial charge on any atom is 0.303 e. The van der Waals surface area contributed by atoms with Crippen molar-refractivity contribution in [1.82, 2.24) is 4.98 Å². The number of carboxylic acids is 1. The first-order valence-corrected chi connectivity index (χ1v) is 7.37. The van der Waals surface area contributed by atoms with Crippen LogP contribution in [0.15, 0.2) is 17.6 Å². The molecule has 2 N–H and O–H groups in total. The lowest BCUT2D eigenvalue weighted by Crippen LogP contribution is -2.12. The predicted molar refractivity (Wildman–Crippen MR) is 79.4 cm³/mol. The summed E-state index contributed by atoms with van der Waals surface area (Å²) in [6.45, 7) is 0. The minimum absolute atomic E-state index is 0.0791. The number of nitrogens with one attached hydrogen (secondary N) is 1. The quantitative estimate of drug-likeness (QED) is 0.800. The summed E-state index contributed by atoms with van der Waals surface area (Å²) in [5.74, 6) is -1.03. The molecule has 0 bridgehead atoms. The first-order chi connectivity index (χ1) is 9.58. The van der Waals surface area contributed by atoms with Crippen LogP contribution in [0, 0.1) is 0 Å². The number of carbonyl (C=O) groups excluding carboxylic acids is 1. The third kappa shape index (κ3) is 3.68. The molecule has 0 saturated heterocycles. The summed E-state index contributed by atoms with van der Waals surface area (Å²) in [5, 5.41) is 11.7. The van der Waals surface area contributed by atoms with E-state index in [4.69, 9.17) is 16.7 Å². The number of aromatic nitrogens is 1. The number of unbranched alkanes of at least 4 members (excludes halogenated alkanes) is 1. The van der Waals surface area contributed by atoms with Crippen LogP contribution in [0.25, 0.3) is 10.2 Å². The first kappa shape index (κ1) is 14.7. The molecule has 7 heteroatoms. The van der Waals surface area contributed by atoms with Crippen molar-refractivity contribution in [3.63, 3.8) is 0 Å². The Morgan fingerprint density at radius 1 is 1.30 bits per heavy atom. The number of carbonyl (C=O) groups is 2. The van der Waals surface area contributed by atoms with Gasteiger partial charge in [-0.15, -0.1) is 11.3 Å². The van der Waals surface area contributed by atoms with E-state index in [1.807, 2.05) is 6.07 Å². The van der Waals surface area contributed by atoms with Gasteiger partial charge >= 0.3 is 5.97 Å². The highest BCUT2D eigenvalue weighted by Gasteiger charge is 2.12. The van der Waals surface area contributed by atoms with Gasteiger partial charge in [-0.3, -0.25) is 9.59 Å². The number of thiazole rings is 1. The van der Waals surface area contributed by atoms with Crippen molar-refractivity contribution in [3.8, 4) is 0 Å². The van der Waals surface area contributed by atoms with Gasteiger partial charge in [-0.2, -0.15) is 0 Å². The zero-order chi connectivity index (χ0) is 14.5. The zero-order valence-electron chi connectivity index (χ0n) is 10.6. The molecule has 106 valence electrons. The Bertz CT molecular complexity index is 642. The number of nitrogens with zero attached hydrogens (tertiary/aromatic N) is 1. The molecule has 1 aromatic carbocycles. The van der Waals surface area contributed by atoms with Gasteiger partial charge < -0.3 is 10.4 Å². The Labute approximate surface area is 124 Å². The monoisotopic (exact) mass is 312 g/mol. The maximum atomic E-state index is 11.8. The number of hydrogen-bond acceptors (Lipinski definition) is 4. The van der Waals surface area contributed by atoms with E-state index in [2.05, 4.69) is 10.3 Å². The summed E-state index contributed by atoms with van der Waals surface area (Å²) in [6, 6.07) is 3.58. The molecule has 0 fully saturated rings. The highest BCUT2D eigenvalue weighted by Crippen LogP contribution is 2.32. The molecule has 0 aliphatic heterocycles. The number of halogens is 1. The Kier molecular flexibility index (Phi) is 4.92. The molecule has 0 spiro atoms. The van der Waals surface area contributed by atoms with Gasteiger partial charge in [0.25, 0.3) is 0 Å². The standard InChI is InChI=1S/C13H13ClN2O3S/c14-8-5-6-9-13(15-7-20-9)12(8)16-10(17)3-1-2-4-11(18)19/h5-7H,1-4H2,(H,16,17)(H,18,19). The van der Waals surface area contributed by atoms with Gasteiger partial charge in [0.05, 0.1) is 20.9 Å². The fourth-order valence-corrected chi connectivity index (χ4v) is 2.67. The number of carboxylic acid groups (broad SMARTS) is 1. The predicted octanol–water partition coefficient (Wildman–Crippen LogP) is 3.53. The molecule has 0 unspecified atom stereocenters. The fourth-order valence-electron chi connectivity index (χ4n) is 1.79. The molecule has 0 radical (unpaired) electrons. The lowest BCUT2D eigenvalue weighted by atomic mass is 10.2. The van der Waals surface area contributed by atoms with Crippen LogP contribution in [0.1, 0.15) is 25.7 Å². The summed E-state index contributed by atoms with van der Waals surface area (Å²) in [4.78, 5) is 26.4. The number of anilines is 1. The molecule has 0 aliphatic rings. The number of hydrogen-bond donors (Lipinski definition) is 2.